The lowest BCUT2D eigenvalue weighted by Gasteiger charge is -2.22. The summed E-state index contributed by atoms with van der Waals surface area (Å²) in [6, 6.07) is 3.29. The Morgan fingerprint density at radius 2 is 2.36 bits per heavy atom. The van der Waals surface area contributed by atoms with Crippen molar-refractivity contribution in [3.05, 3.63) is 24.3 Å². The lowest BCUT2D eigenvalue weighted by atomic mass is 10.2. The van der Waals surface area contributed by atoms with Gasteiger partial charge in [-0.2, -0.15) is 0 Å². The van der Waals surface area contributed by atoms with Gasteiger partial charge in [0.2, 0.25) is 5.89 Å². The number of hydrogen-bond donors (Lipinski definition) is 0. The largest absolute Gasteiger partial charge is 0.462 e. The number of esters is 1. The number of rotatable bonds is 5. The molecule has 118 valence electrons. The van der Waals surface area contributed by atoms with Gasteiger partial charge in [-0.3, -0.25) is 9.69 Å². The van der Waals surface area contributed by atoms with Crippen molar-refractivity contribution in [1.82, 2.24) is 15.1 Å². The highest BCUT2D eigenvalue weighted by molar-refractivity contribution is 5.76. The number of hydrogen-bond acceptors (Lipinski definition) is 7. The zero-order valence-corrected chi connectivity index (χ0v) is 12.7. The molecule has 0 saturated carbocycles. The maximum atomic E-state index is 12.1. The fraction of sp³-hybridized carbons (Fsp3) is 0.533. The van der Waals surface area contributed by atoms with Crippen molar-refractivity contribution >= 4 is 5.97 Å². The van der Waals surface area contributed by atoms with Gasteiger partial charge in [0.05, 0.1) is 18.9 Å². The Hall–Kier alpha value is -2.15. The van der Waals surface area contributed by atoms with E-state index in [1.54, 1.807) is 18.4 Å². The summed E-state index contributed by atoms with van der Waals surface area (Å²) in [5, 5.41) is 7.99. The van der Waals surface area contributed by atoms with E-state index in [-0.39, 0.29) is 18.1 Å². The first kappa shape index (κ1) is 14.8. The monoisotopic (exact) mass is 305 g/mol. The SMILES string of the molecule is CC(C)OC(=O)[C@@H]1CCCN1Cc1nnc(-c2ccco2)o1. The molecule has 1 aliphatic heterocycles. The van der Waals surface area contributed by atoms with Gasteiger partial charge in [0.1, 0.15) is 6.04 Å². The molecule has 3 heterocycles. The fourth-order valence-corrected chi connectivity index (χ4v) is 2.58. The van der Waals surface area contributed by atoms with Crippen molar-refractivity contribution in [1.29, 1.82) is 0 Å². The number of aromatic nitrogens is 2. The van der Waals surface area contributed by atoms with Gasteiger partial charge in [-0.05, 0) is 45.4 Å². The van der Waals surface area contributed by atoms with E-state index in [1.807, 2.05) is 18.7 Å². The molecule has 0 amide bonds. The molecule has 2 aromatic heterocycles. The van der Waals surface area contributed by atoms with E-state index in [0.717, 1.165) is 19.4 Å². The van der Waals surface area contributed by atoms with Crippen molar-refractivity contribution in [2.24, 2.45) is 0 Å². The Morgan fingerprint density at radius 1 is 1.50 bits per heavy atom. The van der Waals surface area contributed by atoms with Gasteiger partial charge < -0.3 is 13.6 Å². The van der Waals surface area contributed by atoms with Crippen molar-refractivity contribution in [2.75, 3.05) is 6.54 Å². The molecule has 2 aromatic rings. The molecular weight excluding hydrogens is 286 g/mol. The summed E-state index contributed by atoms with van der Waals surface area (Å²) in [7, 11) is 0. The van der Waals surface area contributed by atoms with Gasteiger partial charge >= 0.3 is 5.97 Å². The second-order valence-electron chi connectivity index (χ2n) is 5.59. The van der Waals surface area contributed by atoms with Crippen LogP contribution in [-0.2, 0) is 16.1 Å². The highest BCUT2D eigenvalue weighted by Gasteiger charge is 2.33. The summed E-state index contributed by atoms with van der Waals surface area (Å²) in [5.74, 6) is 1.17. The number of carbonyl (C=O) groups excluding carboxylic acids is 1. The third-order valence-electron chi connectivity index (χ3n) is 3.52. The van der Waals surface area contributed by atoms with Crippen LogP contribution in [0.1, 0.15) is 32.6 Å². The van der Waals surface area contributed by atoms with Crippen LogP contribution in [0.2, 0.25) is 0 Å². The lowest BCUT2D eigenvalue weighted by molar-refractivity contribution is -0.153. The van der Waals surface area contributed by atoms with Crippen LogP contribution in [-0.4, -0.2) is 39.8 Å². The zero-order chi connectivity index (χ0) is 15.5. The highest BCUT2D eigenvalue weighted by atomic mass is 16.5. The van der Waals surface area contributed by atoms with Gasteiger partial charge in [-0.1, -0.05) is 0 Å². The Bertz CT molecular complexity index is 621. The van der Waals surface area contributed by atoms with E-state index in [0.29, 0.717) is 24.1 Å². The molecule has 0 aliphatic carbocycles. The molecule has 0 unspecified atom stereocenters. The average Bonchev–Trinajstić information content (AvgIpc) is 3.19. The van der Waals surface area contributed by atoms with Crippen LogP contribution in [0.25, 0.3) is 11.7 Å². The smallest absolute Gasteiger partial charge is 0.323 e. The maximum Gasteiger partial charge on any atom is 0.323 e. The summed E-state index contributed by atoms with van der Waals surface area (Å²) in [4.78, 5) is 14.1. The van der Waals surface area contributed by atoms with Crippen LogP contribution in [0.4, 0.5) is 0 Å². The topological polar surface area (TPSA) is 81.6 Å². The lowest BCUT2D eigenvalue weighted by Crippen LogP contribution is -2.37. The Morgan fingerprint density at radius 3 is 3.09 bits per heavy atom. The van der Waals surface area contributed by atoms with Crippen molar-refractivity contribution < 1.29 is 18.4 Å². The normalized spacial score (nSPS) is 19.0. The summed E-state index contributed by atoms with van der Waals surface area (Å²) in [6.07, 6.45) is 3.20. The summed E-state index contributed by atoms with van der Waals surface area (Å²) >= 11 is 0. The summed E-state index contributed by atoms with van der Waals surface area (Å²) < 4.78 is 16.1. The Kier molecular flexibility index (Phi) is 4.24. The van der Waals surface area contributed by atoms with Gasteiger partial charge in [0, 0.05) is 0 Å². The fourth-order valence-electron chi connectivity index (χ4n) is 2.58. The van der Waals surface area contributed by atoms with E-state index in [4.69, 9.17) is 13.6 Å². The molecule has 0 aromatic carbocycles. The average molecular weight is 305 g/mol. The van der Waals surface area contributed by atoms with Gasteiger partial charge in [-0.25, -0.2) is 0 Å². The standard InChI is InChI=1S/C15H19N3O4/c1-10(2)21-15(19)11-5-3-7-18(11)9-13-16-17-14(22-13)12-6-4-8-20-12/h4,6,8,10-11H,3,5,7,9H2,1-2H3/t11-/m0/s1. The molecule has 1 fully saturated rings. The molecule has 0 radical (unpaired) electrons. The van der Waals surface area contributed by atoms with E-state index in [2.05, 4.69) is 10.2 Å². The molecule has 1 aliphatic rings. The summed E-state index contributed by atoms with van der Waals surface area (Å²) in [6.45, 7) is 4.96. The second kappa shape index (κ2) is 6.31. The molecular formula is C15H19N3O4. The molecule has 1 atom stereocenters. The minimum atomic E-state index is -0.235. The number of nitrogens with zero attached hydrogens (tertiary/aromatic N) is 3. The first-order valence-electron chi connectivity index (χ1n) is 7.44. The minimum Gasteiger partial charge on any atom is -0.462 e. The van der Waals surface area contributed by atoms with Crippen molar-refractivity contribution in [2.45, 2.75) is 45.4 Å². The first-order valence-corrected chi connectivity index (χ1v) is 7.44. The van der Waals surface area contributed by atoms with Crippen LogP contribution < -0.4 is 0 Å². The zero-order valence-electron chi connectivity index (χ0n) is 12.7. The number of furan rings is 1. The van der Waals surface area contributed by atoms with E-state index in [1.165, 1.54) is 0 Å². The number of carbonyl (C=O) groups is 1. The van der Waals surface area contributed by atoms with Crippen LogP contribution in [0.15, 0.2) is 27.2 Å². The van der Waals surface area contributed by atoms with E-state index < -0.39 is 0 Å². The van der Waals surface area contributed by atoms with E-state index >= 15 is 0 Å². The van der Waals surface area contributed by atoms with Crippen LogP contribution in [0.3, 0.4) is 0 Å². The molecule has 7 nitrogen and oxygen atoms in total. The van der Waals surface area contributed by atoms with Crippen LogP contribution in [0, 0.1) is 0 Å². The first-order chi connectivity index (χ1) is 10.6. The number of ether oxygens (including phenoxy) is 1. The molecule has 1 saturated heterocycles. The summed E-state index contributed by atoms with van der Waals surface area (Å²) in [5.41, 5.74) is 0. The highest BCUT2D eigenvalue weighted by Crippen LogP contribution is 2.23. The van der Waals surface area contributed by atoms with Crippen LogP contribution >= 0.6 is 0 Å². The quantitative estimate of drug-likeness (QED) is 0.783. The predicted octanol–water partition coefficient (Wildman–Crippen LogP) is 2.25. The molecule has 7 heteroatoms. The molecule has 0 bridgehead atoms. The third kappa shape index (κ3) is 3.19. The molecule has 0 spiro atoms. The van der Waals surface area contributed by atoms with E-state index in [9.17, 15) is 4.79 Å². The Balaban J connectivity index is 1.66. The number of likely N-dealkylation sites (tertiary alicyclic amines) is 1. The molecule has 22 heavy (non-hydrogen) atoms. The third-order valence-corrected chi connectivity index (χ3v) is 3.52. The van der Waals surface area contributed by atoms with Crippen molar-refractivity contribution in [3.8, 4) is 11.7 Å². The molecule has 0 N–H and O–H groups in total. The maximum absolute atomic E-state index is 12.1. The van der Waals surface area contributed by atoms with Crippen molar-refractivity contribution in [3.63, 3.8) is 0 Å². The second-order valence-corrected chi connectivity index (χ2v) is 5.59. The predicted molar refractivity (Wildman–Crippen MR) is 76.7 cm³/mol. The minimum absolute atomic E-state index is 0.107. The molecule has 3 rings (SSSR count). The van der Waals surface area contributed by atoms with Crippen LogP contribution in [0.5, 0.6) is 0 Å². The van der Waals surface area contributed by atoms with Gasteiger partial charge in [0.25, 0.3) is 5.89 Å². The Labute approximate surface area is 128 Å². The van der Waals surface area contributed by atoms with Gasteiger partial charge in [0.15, 0.2) is 5.76 Å². The van der Waals surface area contributed by atoms with Gasteiger partial charge in [-0.15, -0.1) is 10.2 Å².